The van der Waals surface area contributed by atoms with E-state index in [4.69, 9.17) is 18.9 Å². The minimum Gasteiger partial charge on any atom is -0.494 e. The van der Waals surface area contributed by atoms with Crippen LogP contribution in [0.1, 0.15) is 56.1 Å². The predicted molar refractivity (Wildman–Crippen MR) is 186 cm³/mol. The van der Waals surface area contributed by atoms with Gasteiger partial charge in [0.25, 0.3) is 5.91 Å². The van der Waals surface area contributed by atoms with Crippen LogP contribution in [0.2, 0.25) is 25.7 Å². The Balaban J connectivity index is 1.55. The fourth-order valence-electron chi connectivity index (χ4n) is 5.76. The fraction of sp³-hybridized carbons (Fsp3) is 0.600. The first-order chi connectivity index (χ1) is 23.1. The standard InChI is InChI=1S/C35H50FN5O7Si/c1-21-29(33(43)39-25-17-40(12-11-26(25)42)34(44)48-35(2,3)4)31-32(41(21)20-46-13-14-49(6,7)8)30(37-19-38-31)23-15-28(45-5)24(36)16-27(23)47-18-22-9-10-22/h15-16,19,22,25-26,42H,9-14,17-18,20H2,1-8H3,(H,39,43)/t25-,26-/m0/s1. The van der Waals surface area contributed by atoms with E-state index < -0.39 is 43.6 Å². The number of methoxy groups -OCH3 is 1. The lowest BCUT2D eigenvalue weighted by molar-refractivity contribution is 0.000475. The highest BCUT2D eigenvalue weighted by Gasteiger charge is 2.35. The average molecular weight is 700 g/mol. The van der Waals surface area contributed by atoms with E-state index in [1.165, 1.54) is 24.4 Å². The summed E-state index contributed by atoms with van der Waals surface area (Å²) in [4.78, 5) is 37.7. The summed E-state index contributed by atoms with van der Waals surface area (Å²) in [6.07, 6.45) is 2.39. The highest BCUT2D eigenvalue weighted by molar-refractivity contribution is 6.76. The number of hydrogen-bond donors (Lipinski definition) is 2. The second-order valence-electron chi connectivity index (χ2n) is 15.3. The van der Waals surface area contributed by atoms with E-state index in [1.807, 2.05) is 11.5 Å². The Kier molecular flexibility index (Phi) is 10.9. The Bertz CT molecular complexity index is 1680. The average Bonchev–Trinajstić information content (AvgIpc) is 3.80. The van der Waals surface area contributed by atoms with Gasteiger partial charge in [-0.25, -0.2) is 19.2 Å². The number of likely N-dealkylation sites (tertiary alicyclic amines) is 1. The summed E-state index contributed by atoms with van der Waals surface area (Å²) in [6.45, 7) is 15.5. The van der Waals surface area contributed by atoms with Crippen molar-refractivity contribution in [3.8, 4) is 22.8 Å². The van der Waals surface area contributed by atoms with Crippen LogP contribution >= 0.6 is 0 Å². The van der Waals surface area contributed by atoms with Gasteiger partial charge >= 0.3 is 6.09 Å². The summed E-state index contributed by atoms with van der Waals surface area (Å²) in [5, 5.41) is 13.8. The summed E-state index contributed by atoms with van der Waals surface area (Å²) in [5.74, 6) is -0.263. The number of fused-ring (bicyclic) bond motifs is 1. The molecule has 5 rings (SSSR count). The summed E-state index contributed by atoms with van der Waals surface area (Å²) in [7, 11) is 0.0123. The molecule has 2 amide bonds. The molecule has 3 heterocycles. The van der Waals surface area contributed by atoms with Gasteiger partial charge in [0.1, 0.15) is 35.6 Å². The first kappa shape index (κ1) is 36.5. The van der Waals surface area contributed by atoms with Crippen LogP contribution in [0.5, 0.6) is 11.5 Å². The van der Waals surface area contributed by atoms with Crippen LogP contribution in [-0.2, 0) is 16.2 Å². The molecule has 2 atom stereocenters. The number of halogens is 1. The largest absolute Gasteiger partial charge is 0.494 e. The van der Waals surface area contributed by atoms with Crippen molar-refractivity contribution in [2.75, 3.05) is 33.4 Å². The van der Waals surface area contributed by atoms with Gasteiger partial charge in [-0.15, -0.1) is 0 Å². The molecule has 1 aliphatic heterocycles. The molecule has 0 bridgehead atoms. The van der Waals surface area contributed by atoms with Gasteiger partial charge in [0, 0.05) is 45.1 Å². The Morgan fingerprint density at radius 1 is 1.12 bits per heavy atom. The number of aliphatic hydroxyl groups excluding tert-OH is 1. The number of amides is 2. The highest BCUT2D eigenvalue weighted by atomic mass is 28.3. The lowest BCUT2D eigenvalue weighted by Gasteiger charge is -2.37. The first-order valence-corrected chi connectivity index (χ1v) is 20.7. The third-order valence-corrected chi connectivity index (χ3v) is 10.5. The Morgan fingerprint density at radius 3 is 2.51 bits per heavy atom. The molecule has 3 aromatic rings. The van der Waals surface area contributed by atoms with E-state index in [0.29, 0.717) is 59.4 Å². The molecule has 2 aromatic heterocycles. The van der Waals surface area contributed by atoms with E-state index in [9.17, 15) is 14.7 Å². The van der Waals surface area contributed by atoms with E-state index in [-0.39, 0.29) is 31.0 Å². The van der Waals surface area contributed by atoms with Gasteiger partial charge in [-0.3, -0.25) is 4.79 Å². The maximum Gasteiger partial charge on any atom is 0.410 e. The zero-order valence-corrected chi connectivity index (χ0v) is 30.9. The van der Waals surface area contributed by atoms with Crippen molar-refractivity contribution in [2.45, 2.75) is 97.1 Å². The number of piperidine rings is 1. The maximum atomic E-state index is 15.0. The van der Waals surface area contributed by atoms with Crippen LogP contribution in [0.25, 0.3) is 22.3 Å². The minimum atomic E-state index is -1.38. The highest BCUT2D eigenvalue weighted by Crippen LogP contribution is 2.40. The van der Waals surface area contributed by atoms with Crippen LogP contribution in [0.4, 0.5) is 9.18 Å². The maximum absolute atomic E-state index is 15.0. The molecule has 0 spiro atoms. The van der Waals surface area contributed by atoms with Gasteiger partial charge in [-0.05, 0) is 65.0 Å². The molecule has 1 aliphatic carbocycles. The number of carbonyl (C=O) groups is 2. The van der Waals surface area contributed by atoms with Gasteiger partial charge in [-0.2, -0.15) is 0 Å². The molecule has 1 saturated heterocycles. The number of carbonyl (C=O) groups excluding carboxylic acids is 2. The van der Waals surface area contributed by atoms with Crippen molar-refractivity contribution in [1.29, 1.82) is 0 Å². The van der Waals surface area contributed by atoms with E-state index >= 15 is 4.39 Å². The third-order valence-electron chi connectivity index (χ3n) is 8.76. The molecule has 49 heavy (non-hydrogen) atoms. The third kappa shape index (κ3) is 8.89. The molecule has 12 nitrogen and oxygen atoms in total. The topological polar surface area (TPSA) is 137 Å². The molecule has 2 aliphatic rings. The lowest BCUT2D eigenvalue weighted by Crippen LogP contribution is -2.57. The molecule has 0 unspecified atom stereocenters. The minimum absolute atomic E-state index is 0.0283. The molecule has 2 N–H and O–H groups in total. The molecule has 2 fully saturated rings. The Labute approximate surface area is 288 Å². The first-order valence-electron chi connectivity index (χ1n) is 17.0. The number of hydrogen-bond acceptors (Lipinski definition) is 9. The normalized spacial score (nSPS) is 18.4. The number of benzene rings is 1. The number of nitrogens with one attached hydrogen (secondary N) is 1. The van der Waals surface area contributed by atoms with Crippen molar-refractivity contribution < 1.29 is 38.0 Å². The van der Waals surface area contributed by atoms with Crippen LogP contribution in [0.15, 0.2) is 18.5 Å². The van der Waals surface area contributed by atoms with Crippen molar-refractivity contribution in [3.63, 3.8) is 0 Å². The second-order valence-corrected chi connectivity index (χ2v) is 20.9. The summed E-state index contributed by atoms with van der Waals surface area (Å²) in [5.41, 5.74) is 1.97. The quantitative estimate of drug-likeness (QED) is 0.179. The molecule has 14 heteroatoms. The number of aromatic nitrogens is 3. The van der Waals surface area contributed by atoms with E-state index in [2.05, 4.69) is 34.9 Å². The zero-order valence-electron chi connectivity index (χ0n) is 29.9. The predicted octanol–water partition coefficient (Wildman–Crippen LogP) is 5.76. The summed E-state index contributed by atoms with van der Waals surface area (Å²) in [6, 6.07) is 3.07. The van der Waals surface area contributed by atoms with Crippen LogP contribution in [0, 0.1) is 18.7 Å². The Morgan fingerprint density at radius 2 is 1.86 bits per heavy atom. The van der Waals surface area contributed by atoms with Crippen molar-refractivity contribution in [3.05, 3.63) is 35.5 Å². The molecular formula is C35H50FN5O7Si. The number of nitrogens with zero attached hydrogens (tertiary/aromatic N) is 4. The SMILES string of the molecule is COc1cc(-c2ncnc3c(C(=O)N[C@H]4CN(C(=O)OC(C)(C)C)CC[C@@H]4O)c(C)n(COCC[Si](C)(C)C)c23)c(OCC2CC2)cc1F. The molecule has 0 radical (unpaired) electrons. The van der Waals surface area contributed by atoms with Crippen molar-refractivity contribution in [2.24, 2.45) is 5.92 Å². The summed E-state index contributed by atoms with van der Waals surface area (Å²) >= 11 is 0. The van der Waals surface area contributed by atoms with Crippen LogP contribution in [-0.4, -0.2) is 95.8 Å². The van der Waals surface area contributed by atoms with Crippen molar-refractivity contribution in [1.82, 2.24) is 24.8 Å². The molecular weight excluding hydrogens is 649 g/mol. The smallest absolute Gasteiger partial charge is 0.410 e. The van der Waals surface area contributed by atoms with Gasteiger partial charge < -0.3 is 38.8 Å². The molecule has 268 valence electrons. The van der Waals surface area contributed by atoms with E-state index in [0.717, 1.165) is 18.9 Å². The van der Waals surface area contributed by atoms with Gasteiger partial charge in [0.05, 0.1) is 36.9 Å². The monoisotopic (exact) mass is 699 g/mol. The Hall–Kier alpha value is -3.75. The van der Waals surface area contributed by atoms with Crippen molar-refractivity contribution >= 4 is 31.1 Å². The fourth-order valence-corrected chi connectivity index (χ4v) is 6.52. The molecule has 1 aromatic carbocycles. The van der Waals surface area contributed by atoms with Gasteiger partial charge in [0.15, 0.2) is 11.6 Å². The van der Waals surface area contributed by atoms with Gasteiger partial charge in [-0.1, -0.05) is 19.6 Å². The summed E-state index contributed by atoms with van der Waals surface area (Å²) < 4.78 is 40.1. The zero-order chi connectivity index (χ0) is 35.7. The number of rotatable bonds is 12. The van der Waals surface area contributed by atoms with E-state index in [1.54, 1.807) is 26.8 Å². The molecule has 1 saturated carbocycles. The number of aliphatic hydroxyl groups is 1. The number of ether oxygens (including phenoxy) is 4. The van der Waals surface area contributed by atoms with Gasteiger partial charge in [0.2, 0.25) is 0 Å². The second kappa shape index (κ2) is 14.6. The van der Waals surface area contributed by atoms with Crippen LogP contribution < -0.4 is 14.8 Å². The lowest BCUT2D eigenvalue weighted by atomic mass is 10.0. The van der Waals surface area contributed by atoms with Crippen LogP contribution in [0.3, 0.4) is 0 Å².